The third-order valence-corrected chi connectivity index (χ3v) is 15.0. The Balaban J connectivity index is 4.09. The number of allylic oxidation sites excluding steroid dienone is 10. The third kappa shape index (κ3) is 63.8. The Morgan fingerprint density at radius 3 is 0.727 bits per heavy atom. The molecule has 0 bridgehead atoms. The first kappa shape index (κ1) is 74.1. The molecule has 0 aliphatic carbocycles. The Morgan fingerprint density at radius 1 is 0.260 bits per heavy atom. The van der Waals surface area contributed by atoms with Crippen LogP contribution in [0.1, 0.15) is 355 Å². The van der Waals surface area contributed by atoms with Crippen LogP contribution in [0.25, 0.3) is 0 Å². The second-order valence-corrected chi connectivity index (χ2v) is 22.7. The monoisotopic (exact) mass is 1080 g/mol. The Labute approximate surface area is 479 Å². The second-order valence-electron chi connectivity index (χ2n) is 22.7. The van der Waals surface area contributed by atoms with Crippen molar-refractivity contribution in [3.63, 3.8) is 0 Å². The summed E-state index contributed by atoms with van der Waals surface area (Å²) in [6, 6.07) is 0. The SMILES string of the molecule is CCCCCCC/C=C\C/C=C\C/C=C\CCCCCCCCCCCCCCC(=O)OCC(COC(=O)CCCCCCCCC)OC(=O)CCCCCCCCCCCCCCC/C=C\C/C=C\CCCCCCC. The predicted octanol–water partition coefficient (Wildman–Crippen LogP) is 23.1. The average molecular weight is 1080 g/mol. The summed E-state index contributed by atoms with van der Waals surface area (Å²) in [6.45, 7) is 6.62. The first-order chi connectivity index (χ1) is 38.0. The fraction of sp³-hybridized carbons (Fsp3) is 0.817. The standard InChI is InChI=1S/C71H128O6/c1-4-7-10-13-16-18-20-22-24-26-28-30-32-34-35-37-38-40-42-44-46-48-50-52-55-58-61-64-70(73)76-67-68(66-75-69(72)63-60-57-54-15-12-9-6-3)77-71(74)65-62-59-56-53-51-49-47-45-43-41-39-36-33-31-29-27-25-23-21-19-17-14-11-8-5-2/h20-23,26-29,32,34,68H,4-19,24-25,30-31,33,35-67H2,1-3H3/b22-20-,23-21-,28-26-,29-27-,34-32-. The molecule has 0 heterocycles. The van der Waals surface area contributed by atoms with Gasteiger partial charge in [-0.2, -0.15) is 0 Å². The van der Waals surface area contributed by atoms with Gasteiger partial charge in [-0.25, -0.2) is 0 Å². The highest BCUT2D eigenvalue weighted by atomic mass is 16.6. The van der Waals surface area contributed by atoms with Gasteiger partial charge in [0, 0.05) is 19.3 Å². The molecule has 0 rings (SSSR count). The Bertz CT molecular complexity index is 1380. The molecular formula is C71H128O6. The minimum absolute atomic E-state index is 0.0719. The number of ether oxygens (including phenoxy) is 3. The molecule has 0 aliphatic rings. The molecule has 1 atom stereocenters. The molecule has 1 unspecified atom stereocenters. The highest BCUT2D eigenvalue weighted by Crippen LogP contribution is 2.17. The molecule has 0 aromatic rings. The van der Waals surface area contributed by atoms with Gasteiger partial charge >= 0.3 is 17.9 Å². The van der Waals surface area contributed by atoms with E-state index in [1.54, 1.807) is 0 Å². The van der Waals surface area contributed by atoms with Crippen LogP contribution in [0.5, 0.6) is 0 Å². The number of esters is 3. The molecule has 0 fully saturated rings. The van der Waals surface area contributed by atoms with Crippen molar-refractivity contribution in [3.05, 3.63) is 60.8 Å². The summed E-state index contributed by atoms with van der Waals surface area (Å²) in [4.78, 5) is 38.1. The van der Waals surface area contributed by atoms with Gasteiger partial charge in [0.15, 0.2) is 6.10 Å². The van der Waals surface area contributed by atoms with Gasteiger partial charge in [0.1, 0.15) is 13.2 Å². The van der Waals surface area contributed by atoms with Crippen molar-refractivity contribution >= 4 is 17.9 Å². The van der Waals surface area contributed by atoms with Crippen LogP contribution >= 0.6 is 0 Å². The molecule has 0 N–H and O–H groups in total. The summed E-state index contributed by atoms with van der Waals surface area (Å²) in [5, 5.41) is 0. The number of rotatable bonds is 62. The van der Waals surface area contributed by atoms with Crippen molar-refractivity contribution in [3.8, 4) is 0 Å². The third-order valence-electron chi connectivity index (χ3n) is 15.0. The van der Waals surface area contributed by atoms with E-state index in [2.05, 4.69) is 81.5 Å². The smallest absolute Gasteiger partial charge is 0.306 e. The molecule has 0 spiro atoms. The molecule has 0 amide bonds. The Morgan fingerprint density at radius 2 is 0.468 bits per heavy atom. The van der Waals surface area contributed by atoms with Gasteiger partial charge in [-0.3, -0.25) is 14.4 Å². The second kappa shape index (κ2) is 65.6. The molecule has 6 nitrogen and oxygen atoms in total. The first-order valence-corrected chi connectivity index (χ1v) is 33.8. The van der Waals surface area contributed by atoms with Crippen LogP contribution in [-0.2, 0) is 28.6 Å². The highest BCUT2D eigenvalue weighted by molar-refractivity contribution is 5.71. The maximum Gasteiger partial charge on any atom is 0.306 e. The quantitative estimate of drug-likeness (QED) is 0.0261. The van der Waals surface area contributed by atoms with Crippen LogP contribution in [0, 0.1) is 0 Å². The largest absolute Gasteiger partial charge is 0.462 e. The average Bonchev–Trinajstić information content (AvgIpc) is 3.43. The number of unbranched alkanes of at least 4 members (excludes halogenated alkanes) is 41. The van der Waals surface area contributed by atoms with Crippen LogP contribution in [0.15, 0.2) is 60.8 Å². The van der Waals surface area contributed by atoms with Crippen molar-refractivity contribution in [1.82, 2.24) is 0 Å². The van der Waals surface area contributed by atoms with Crippen molar-refractivity contribution in [1.29, 1.82) is 0 Å². The molecule has 0 saturated heterocycles. The van der Waals surface area contributed by atoms with E-state index in [0.717, 1.165) is 77.0 Å². The van der Waals surface area contributed by atoms with E-state index in [1.165, 1.54) is 238 Å². The predicted molar refractivity (Wildman–Crippen MR) is 335 cm³/mol. The lowest BCUT2D eigenvalue weighted by molar-refractivity contribution is -0.167. The van der Waals surface area contributed by atoms with E-state index in [4.69, 9.17) is 14.2 Å². The molecule has 0 aliphatic heterocycles. The normalized spacial score (nSPS) is 12.4. The van der Waals surface area contributed by atoms with E-state index in [9.17, 15) is 14.4 Å². The zero-order chi connectivity index (χ0) is 55.7. The molecular weight excluding hydrogens is 949 g/mol. The van der Waals surface area contributed by atoms with Gasteiger partial charge in [-0.05, 0) is 89.9 Å². The van der Waals surface area contributed by atoms with Crippen molar-refractivity contribution < 1.29 is 28.6 Å². The van der Waals surface area contributed by atoms with Gasteiger partial charge < -0.3 is 14.2 Å². The summed E-state index contributed by atoms with van der Waals surface area (Å²) >= 11 is 0. The molecule has 0 radical (unpaired) electrons. The maximum atomic E-state index is 12.9. The summed E-state index contributed by atoms with van der Waals surface area (Å²) < 4.78 is 16.9. The molecule has 77 heavy (non-hydrogen) atoms. The lowest BCUT2D eigenvalue weighted by Gasteiger charge is -2.18. The number of hydrogen-bond donors (Lipinski definition) is 0. The summed E-state index contributed by atoms with van der Waals surface area (Å²) in [7, 11) is 0. The summed E-state index contributed by atoms with van der Waals surface area (Å²) in [5.41, 5.74) is 0. The van der Waals surface area contributed by atoms with E-state index in [1.807, 2.05) is 0 Å². The maximum absolute atomic E-state index is 12.9. The van der Waals surface area contributed by atoms with Crippen molar-refractivity contribution in [2.75, 3.05) is 13.2 Å². The molecule has 0 aromatic carbocycles. The molecule has 0 aromatic heterocycles. The van der Waals surface area contributed by atoms with Gasteiger partial charge in [0.05, 0.1) is 0 Å². The lowest BCUT2D eigenvalue weighted by Crippen LogP contribution is -2.30. The van der Waals surface area contributed by atoms with Gasteiger partial charge in [0.2, 0.25) is 0 Å². The van der Waals surface area contributed by atoms with Crippen LogP contribution in [0.2, 0.25) is 0 Å². The number of hydrogen-bond acceptors (Lipinski definition) is 6. The van der Waals surface area contributed by atoms with E-state index >= 15 is 0 Å². The van der Waals surface area contributed by atoms with Gasteiger partial charge in [-0.15, -0.1) is 0 Å². The van der Waals surface area contributed by atoms with E-state index in [-0.39, 0.29) is 31.1 Å². The lowest BCUT2D eigenvalue weighted by atomic mass is 10.0. The number of carbonyl (C=O) groups excluding carboxylic acids is 3. The van der Waals surface area contributed by atoms with Crippen molar-refractivity contribution in [2.45, 2.75) is 361 Å². The van der Waals surface area contributed by atoms with Gasteiger partial charge in [0.25, 0.3) is 0 Å². The molecule has 448 valence electrons. The van der Waals surface area contributed by atoms with E-state index < -0.39 is 6.10 Å². The van der Waals surface area contributed by atoms with Crippen LogP contribution < -0.4 is 0 Å². The fourth-order valence-electron chi connectivity index (χ4n) is 9.89. The molecule has 0 saturated carbocycles. The Hall–Kier alpha value is -2.89. The van der Waals surface area contributed by atoms with E-state index in [0.29, 0.717) is 19.3 Å². The minimum Gasteiger partial charge on any atom is -0.462 e. The minimum atomic E-state index is -0.772. The summed E-state index contributed by atoms with van der Waals surface area (Å²) in [6.07, 6.45) is 84.1. The molecule has 6 heteroatoms. The van der Waals surface area contributed by atoms with Gasteiger partial charge in [-0.1, -0.05) is 306 Å². The zero-order valence-electron chi connectivity index (χ0n) is 51.5. The van der Waals surface area contributed by atoms with Crippen LogP contribution in [-0.4, -0.2) is 37.2 Å². The summed E-state index contributed by atoms with van der Waals surface area (Å²) in [5.74, 6) is -0.863. The van der Waals surface area contributed by atoms with Crippen molar-refractivity contribution in [2.24, 2.45) is 0 Å². The van der Waals surface area contributed by atoms with Crippen LogP contribution in [0.3, 0.4) is 0 Å². The number of carbonyl (C=O) groups is 3. The van der Waals surface area contributed by atoms with Crippen LogP contribution in [0.4, 0.5) is 0 Å². The topological polar surface area (TPSA) is 78.9 Å². The fourth-order valence-corrected chi connectivity index (χ4v) is 9.89. The first-order valence-electron chi connectivity index (χ1n) is 33.8. The highest BCUT2D eigenvalue weighted by Gasteiger charge is 2.19. The Kier molecular flexibility index (Phi) is 63.2. The zero-order valence-corrected chi connectivity index (χ0v) is 51.5.